The van der Waals surface area contributed by atoms with E-state index in [0.29, 0.717) is 13.2 Å². The Morgan fingerprint density at radius 2 is 1.97 bits per heavy atom. The van der Waals surface area contributed by atoms with Gasteiger partial charge in [-0.2, -0.15) is 0 Å². The van der Waals surface area contributed by atoms with E-state index < -0.39 is 0 Å². The van der Waals surface area contributed by atoms with E-state index >= 15 is 0 Å². The predicted octanol–water partition coefficient (Wildman–Crippen LogP) is 3.24. The molecule has 1 saturated heterocycles. The van der Waals surface area contributed by atoms with E-state index in [2.05, 4.69) is 22.5 Å². The Morgan fingerprint density at radius 1 is 1.17 bits per heavy atom. The molecule has 1 aliphatic rings. The van der Waals surface area contributed by atoms with Crippen LogP contribution in [0.1, 0.15) is 24.0 Å². The number of hydrogen-bond donors (Lipinski definition) is 3. The van der Waals surface area contributed by atoms with Crippen molar-refractivity contribution in [2.45, 2.75) is 26.3 Å². The molecule has 2 aromatic carbocycles. The lowest BCUT2D eigenvalue weighted by atomic mass is 9.84. The van der Waals surface area contributed by atoms with Crippen molar-refractivity contribution in [3.05, 3.63) is 59.7 Å². The minimum Gasteiger partial charge on any atom is -0.457 e. The first kappa shape index (κ1) is 21.1. The molecule has 0 saturated carbocycles. The molecule has 0 aromatic heterocycles. The maximum absolute atomic E-state index is 9.39. The first-order valence-electron chi connectivity index (χ1n) is 10.1. The highest BCUT2D eigenvalue weighted by molar-refractivity contribution is 5.79. The standard InChI is InChI=1S/C23H31N3O3/c1-18-7-9-20(10-8-18)29-21-6-4-3-5-19(21)15-25-22(24-2)26-16-23(11-13-27)12-14-28-17-23/h3-10,27H,11-17H2,1-2H3,(H2,24,25,26). The van der Waals surface area contributed by atoms with Crippen LogP contribution in [0.3, 0.4) is 0 Å². The fraction of sp³-hybridized carbons (Fsp3) is 0.435. The van der Waals surface area contributed by atoms with Crippen LogP contribution in [0.2, 0.25) is 0 Å². The van der Waals surface area contributed by atoms with Crippen LogP contribution in [0.25, 0.3) is 0 Å². The molecule has 1 atom stereocenters. The third kappa shape index (κ3) is 5.95. The van der Waals surface area contributed by atoms with Crippen molar-refractivity contribution >= 4 is 5.96 Å². The number of aliphatic hydroxyl groups is 1. The Bertz CT molecular complexity index is 799. The van der Waals surface area contributed by atoms with Crippen molar-refractivity contribution in [3.63, 3.8) is 0 Å². The Hall–Kier alpha value is -2.57. The van der Waals surface area contributed by atoms with Crippen LogP contribution in [0.15, 0.2) is 53.5 Å². The second-order valence-electron chi connectivity index (χ2n) is 7.58. The van der Waals surface area contributed by atoms with Crippen LogP contribution in [0, 0.1) is 12.3 Å². The number of rotatable bonds is 8. The van der Waals surface area contributed by atoms with Gasteiger partial charge in [0.1, 0.15) is 11.5 Å². The van der Waals surface area contributed by atoms with Gasteiger partial charge in [-0.05, 0) is 38.0 Å². The molecule has 1 aliphatic heterocycles. The zero-order valence-corrected chi connectivity index (χ0v) is 17.3. The highest BCUT2D eigenvalue weighted by atomic mass is 16.5. The molecule has 0 bridgehead atoms. The number of ether oxygens (including phenoxy) is 2. The monoisotopic (exact) mass is 397 g/mol. The van der Waals surface area contributed by atoms with Gasteiger partial charge in [0, 0.05) is 44.3 Å². The van der Waals surface area contributed by atoms with Crippen LogP contribution >= 0.6 is 0 Å². The number of aliphatic imine (C=N–C) groups is 1. The summed E-state index contributed by atoms with van der Waals surface area (Å²) in [6.45, 7) is 4.95. The molecule has 6 nitrogen and oxygen atoms in total. The maximum atomic E-state index is 9.39. The summed E-state index contributed by atoms with van der Waals surface area (Å²) in [7, 11) is 1.76. The van der Waals surface area contributed by atoms with E-state index in [0.717, 1.165) is 49.0 Å². The Morgan fingerprint density at radius 3 is 2.66 bits per heavy atom. The zero-order valence-electron chi connectivity index (χ0n) is 17.3. The summed E-state index contributed by atoms with van der Waals surface area (Å²) in [6.07, 6.45) is 1.68. The number of nitrogens with zero attached hydrogens (tertiary/aromatic N) is 1. The van der Waals surface area contributed by atoms with Crippen molar-refractivity contribution < 1.29 is 14.6 Å². The Labute approximate surface area is 173 Å². The SMILES string of the molecule is CN=C(NCc1ccccc1Oc1ccc(C)cc1)NCC1(CCO)CCOC1. The lowest BCUT2D eigenvalue weighted by Gasteiger charge is -2.27. The van der Waals surface area contributed by atoms with Gasteiger partial charge in [0.15, 0.2) is 5.96 Å². The second kappa shape index (κ2) is 10.3. The Kier molecular flexibility index (Phi) is 7.49. The van der Waals surface area contributed by atoms with Crippen molar-refractivity contribution in [3.8, 4) is 11.5 Å². The topological polar surface area (TPSA) is 75.1 Å². The van der Waals surface area contributed by atoms with E-state index in [4.69, 9.17) is 9.47 Å². The van der Waals surface area contributed by atoms with Crippen molar-refractivity contribution in [2.24, 2.45) is 10.4 Å². The van der Waals surface area contributed by atoms with E-state index in [1.807, 2.05) is 48.5 Å². The largest absolute Gasteiger partial charge is 0.457 e. The summed E-state index contributed by atoms with van der Waals surface area (Å²) >= 11 is 0. The van der Waals surface area contributed by atoms with Crippen LogP contribution < -0.4 is 15.4 Å². The molecule has 0 aliphatic carbocycles. The molecule has 29 heavy (non-hydrogen) atoms. The number of guanidine groups is 1. The summed E-state index contributed by atoms with van der Waals surface area (Å²) in [6, 6.07) is 16.0. The highest BCUT2D eigenvalue weighted by Crippen LogP contribution is 2.31. The summed E-state index contributed by atoms with van der Waals surface area (Å²) in [5.41, 5.74) is 2.22. The minimum absolute atomic E-state index is 0.0289. The third-order valence-electron chi connectivity index (χ3n) is 5.35. The number of aryl methyl sites for hydroxylation is 1. The van der Waals surface area contributed by atoms with Crippen LogP contribution in [-0.2, 0) is 11.3 Å². The summed E-state index contributed by atoms with van der Waals surface area (Å²) < 4.78 is 11.6. The summed E-state index contributed by atoms with van der Waals surface area (Å²) in [5.74, 6) is 2.36. The first-order valence-corrected chi connectivity index (χ1v) is 10.1. The van der Waals surface area contributed by atoms with Crippen molar-refractivity contribution in [2.75, 3.05) is 33.4 Å². The molecule has 1 fully saturated rings. The lowest BCUT2D eigenvalue weighted by Crippen LogP contribution is -2.44. The fourth-order valence-electron chi connectivity index (χ4n) is 3.47. The third-order valence-corrected chi connectivity index (χ3v) is 5.35. The number of nitrogens with one attached hydrogen (secondary N) is 2. The van der Waals surface area contributed by atoms with E-state index in [1.54, 1.807) is 7.05 Å². The molecule has 1 heterocycles. The molecule has 156 valence electrons. The van der Waals surface area contributed by atoms with Gasteiger partial charge in [-0.25, -0.2) is 0 Å². The highest BCUT2D eigenvalue weighted by Gasteiger charge is 2.34. The average Bonchev–Trinajstić information content (AvgIpc) is 3.20. The van der Waals surface area contributed by atoms with E-state index in [-0.39, 0.29) is 12.0 Å². The molecule has 3 rings (SSSR count). The van der Waals surface area contributed by atoms with Gasteiger partial charge in [0.2, 0.25) is 0 Å². The smallest absolute Gasteiger partial charge is 0.191 e. The number of para-hydroxylation sites is 1. The van der Waals surface area contributed by atoms with Gasteiger partial charge in [-0.3, -0.25) is 4.99 Å². The molecule has 0 amide bonds. The average molecular weight is 398 g/mol. The zero-order chi connectivity index (χ0) is 20.5. The molecule has 6 heteroatoms. The van der Waals surface area contributed by atoms with Gasteiger partial charge in [-0.1, -0.05) is 35.9 Å². The molecule has 1 unspecified atom stereocenters. The fourth-order valence-corrected chi connectivity index (χ4v) is 3.47. The molecule has 3 N–H and O–H groups in total. The number of aliphatic hydroxyl groups excluding tert-OH is 1. The van der Waals surface area contributed by atoms with Crippen LogP contribution in [0.5, 0.6) is 11.5 Å². The van der Waals surface area contributed by atoms with Gasteiger partial charge >= 0.3 is 0 Å². The minimum atomic E-state index is -0.0289. The quantitative estimate of drug-likeness (QED) is 0.471. The van der Waals surface area contributed by atoms with E-state index in [9.17, 15) is 5.11 Å². The predicted molar refractivity (Wildman–Crippen MR) is 115 cm³/mol. The van der Waals surface area contributed by atoms with Gasteiger partial charge in [0.25, 0.3) is 0 Å². The Balaban J connectivity index is 1.59. The molecule has 2 aromatic rings. The van der Waals surface area contributed by atoms with Crippen molar-refractivity contribution in [1.82, 2.24) is 10.6 Å². The molecular weight excluding hydrogens is 366 g/mol. The van der Waals surface area contributed by atoms with Crippen LogP contribution in [0.4, 0.5) is 0 Å². The maximum Gasteiger partial charge on any atom is 0.191 e. The molecular formula is C23H31N3O3. The second-order valence-corrected chi connectivity index (χ2v) is 7.58. The van der Waals surface area contributed by atoms with Gasteiger partial charge < -0.3 is 25.2 Å². The molecule has 0 radical (unpaired) electrons. The molecule has 0 spiro atoms. The van der Waals surface area contributed by atoms with Crippen LogP contribution in [-0.4, -0.2) is 44.5 Å². The van der Waals surface area contributed by atoms with Crippen molar-refractivity contribution in [1.29, 1.82) is 0 Å². The lowest BCUT2D eigenvalue weighted by molar-refractivity contribution is 0.127. The van der Waals surface area contributed by atoms with Gasteiger partial charge in [-0.15, -0.1) is 0 Å². The summed E-state index contributed by atoms with van der Waals surface area (Å²) in [4.78, 5) is 4.33. The summed E-state index contributed by atoms with van der Waals surface area (Å²) in [5, 5.41) is 16.1. The van der Waals surface area contributed by atoms with Gasteiger partial charge in [0.05, 0.1) is 6.61 Å². The first-order chi connectivity index (χ1) is 14.1. The number of hydrogen-bond acceptors (Lipinski definition) is 4. The number of benzene rings is 2. The normalized spacial score (nSPS) is 19.2. The van der Waals surface area contributed by atoms with E-state index in [1.165, 1.54) is 5.56 Å².